The minimum atomic E-state index is -4.45. The molecule has 0 amide bonds. The summed E-state index contributed by atoms with van der Waals surface area (Å²) in [5.74, 6) is -0.149. The van der Waals surface area contributed by atoms with Crippen molar-refractivity contribution in [1.82, 2.24) is 0 Å². The Balaban J connectivity index is 2.45. The lowest BCUT2D eigenvalue weighted by atomic mass is 9.88. The number of carbonyl (C=O) groups excluding carboxylic acids is 1. The van der Waals surface area contributed by atoms with E-state index in [4.69, 9.17) is 4.74 Å². The third-order valence-electron chi connectivity index (χ3n) is 4.19. The van der Waals surface area contributed by atoms with Crippen molar-refractivity contribution in [3.63, 3.8) is 0 Å². The van der Waals surface area contributed by atoms with Gasteiger partial charge in [0, 0.05) is 5.41 Å². The van der Waals surface area contributed by atoms with Crippen molar-refractivity contribution in [2.24, 2.45) is 5.92 Å². The van der Waals surface area contributed by atoms with Crippen LogP contribution in [0.3, 0.4) is 0 Å². The number of halogens is 3. The Morgan fingerprint density at radius 3 is 2.38 bits per heavy atom. The maximum atomic E-state index is 13.0. The van der Waals surface area contributed by atoms with Gasteiger partial charge in [0.05, 0.1) is 26.2 Å². The molecule has 0 heterocycles. The van der Waals surface area contributed by atoms with E-state index < -0.39 is 23.1 Å². The van der Waals surface area contributed by atoms with Crippen molar-refractivity contribution in [2.75, 3.05) is 14.2 Å². The zero-order chi connectivity index (χ0) is 15.8. The lowest BCUT2D eigenvalue weighted by molar-refractivity contribution is -0.141. The van der Waals surface area contributed by atoms with Crippen LogP contribution in [0.15, 0.2) is 18.2 Å². The van der Waals surface area contributed by atoms with E-state index in [0.717, 1.165) is 12.1 Å². The van der Waals surface area contributed by atoms with E-state index in [1.54, 1.807) is 6.07 Å². The third kappa shape index (κ3) is 2.99. The number of rotatable bonds is 4. The van der Waals surface area contributed by atoms with Crippen LogP contribution in [0.4, 0.5) is 13.2 Å². The molecule has 0 saturated heterocycles. The molecule has 6 heteroatoms. The topological polar surface area (TPSA) is 35.5 Å². The summed E-state index contributed by atoms with van der Waals surface area (Å²) in [7, 11) is 2.60. The van der Waals surface area contributed by atoms with Gasteiger partial charge in [-0.3, -0.25) is 4.79 Å². The number of esters is 1. The van der Waals surface area contributed by atoms with E-state index in [-0.39, 0.29) is 18.1 Å². The maximum Gasteiger partial charge on any atom is 0.416 e. The molecule has 1 aliphatic rings. The third-order valence-corrected chi connectivity index (χ3v) is 4.19. The molecule has 1 aliphatic carbocycles. The molecule has 0 aliphatic heterocycles. The van der Waals surface area contributed by atoms with Gasteiger partial charge in [0.25, 0.3) is 0 Å². The summed E-state index contributed by atoms with van der Waals surface area (Å²) in [6.45, 7) is 1.91. The van der Waals surface area contributed by atoms with Crippen LogP contribution < -0.4 is 4.74 Å². The molecule has 0 N–H and O–H groups in total. The van der Waals surface area contributed by atoms with Gasteiger partial charge in [-0.15, -0.1) is 0 Å². The monoisotopic (exact) mass is 302 g/mol. The predicted octanol–water partition coefficient (Wildman–Crippen LogP) is 3.55. The second-order valence-corrected chi connectivity index (χ2v) is 5.46. The predicted molar refractivity (Wildman–Crippen MR) is 70.1 cm³/mol. The highest BCUT2D eigenvalue weighted by atomic mass is 19.4. The standard InChI is InChI=1S/C15H17F3O3/c1-9-7-14(9,8-13(19)21-3)10-4-11(15(16,17)18)6-12(5-10)20-2/h4-6,9H,7-8H2,1-3H3. The minimum absolute atomic E-state index is 0.0785. The zero-order valence-electron chi connectivity index (χ0n) is 12.1. The second kappa shape index (κ2) is 5.24. The highest BCUT2D eigenvalue weighted by Crippen LogP contribution is 2.57. The largest absolute Gasteiger partial charge is 0.497 e. The highest BCUT2D eigenvalue weighted by Gasteiger charge is 2.54. The van der Waals surface area contributed by atoms with Gasteiger partial charge >= 0.3 is 12.1 Å². The molecule has 1 aromatic carbocycles. The first-order valence-corrected chi connectivity index (χ1v) is 6.56. The van der Waals surface area contributed by atoms with Crippen LogP contribution in [0.2, 0.25) is 0 Å². The van der Waals surface area contributed by atoms with Crippen LogP contribution in [-0.4, -0.2) is 20.2 Å². The number of ether oxygens (including phenoxy) is 2. The first-order chi connectivity index (χ1) is 9.72. The molecule has 2 rings (SSSR count). The molecule has 0 bridgehead atoms. The van der Waals surface area contributed by atoms with Crippen molar-refractivity contribution in [3.05, 3.63) is 29.3 Å². The van der Waals surface area contributed by atoms with Crippen molar-refractivity contribution in [3.8, 4) is 5.75 Å². The van der Waals surface area contributed by atoms with Gasteiger partial charge in [-0.1, -0.05) is 6.92 Å². The fourth-order valence-corrected chi connectivity index (χ4v) is 2.74. The van der Waals surface area contributed by atoms with Crippen LogP contribution in [0, 0.1) is 5.92 Å². The van der Waals surface area contributed by atoms with E-state index in [2.05, 4.69) is 4.74 Å². The molecule has 1 saturated carbocycles. The van der Waals surface area contributed by atoms with Gasteiger partial charge in [0.15, 0.2) is 0 Å². The lowest BCUT2D eigenvalue weighted by Gasteiger charge is -2.19. The van der Waals surface area contributed by atoms with Crippen molar-refractivity contribution < 1.29 is 27.4 Å². The summed E-state index contributed by atoms with van der Waals surface area (Å²) in [6.07, 6.45) is -3.71. The van der Waals surface area contributed by atoms with Crippen LogP contribution in [0.1, 0.15) is 30.9 Å². The summed E-state index contributed by atoms with van der Waals surface area (Å²) < 4.78 is 48.5. The Morgan fingerprint density at radius 1 is 1.33 bits per heavy atom. The minimum Gasteiger partial charge on any atom is -0.497 e. The molecule has 116 valence electrons. The van der Waals surface area contributed by atoms with Crippen LogP contribution >= 0.6 is 0 Å². The van der Waals surface area contributed by atoms with Crippen molar-refractivity contribution in [2.45, 2.75) is 31.4 Å². The Kier molecular flexibility index (Phi) is 3.91. The van der Waals surface area contributed by atoms with Crippen LogP contribution in [-0.2, 0) is 21.1 Å². The van der Waals surface area contributed by atoms with E-state index >= 15 is 0 Å². The summed E-state index contributed by atoms with van der Waals surface area (Å²) in [6, 6.07) is 3.64. The number of methoxy groups -OCH3 is 2. The zero-order valence-corrected chi connectivity index (χ0v) is 12.1. The molecule has 1 aromatic rings. The fraction of sp³-hybridized carbons (Fsp3) is 0.533. The van der Waals surface area contributed by atoms with Gasteiger partial charge in [-0.05, 0) is 36.1 Å². The Bertz CT molecular complexity index is 554. The summed E-state index contributed by atoms with van der Waals surface area (Å²) >= 11 is 0. The Hall–Kier alpha value is -1.72. The maximum absolute atomic E-state index is 13.0. The quantitative estimate of drug-likeness (QED) is 0.798. The molecule has 0 aromatic heterocycles. The van der Waals surface area contributed by atoms with Crippen molar-refractivity contribution >= 4 is 5.97 Å². The first-order valence-electron chi connectivity index (χ1n) is 6.56. The molecular weight excluding hydrogens is 285 g/mol. The number of carbonyl (C=O) groups is 1. The summed E-state index contributed by atoms with van der Waals surface area (Å²) in [4.78, 5) is 11.5. The normalized spacial score (nSPS) is 24.6. The van der Waals surface area contributed by atoms with Gasteiger partial charge in [0.2, 0.25) is 0 Å². The van der Waals surface area contributed by atoms with Crippen molar-refractivity contribution in [1.29, 1.82) is 0 Å². The number of hydrogen-bond acceptors (Lipinski definition) is 3. The molecule has 3 nitrogen and oxygen atoms in total. The lowest BCUT2D eigenvalue weighted by Crippen LogP contribution is -2.18. The molecule has 0 spiro atoms. The second-order valence-electron chi connectivity index (χ2n) is 5.46. The molecular formula is C15H17F3O3. The van der Waals surface area contributed by atoms with E-state index in [1.807, 2.05) is 6.92 Å². The smallest absolute Gasteiger partial charge is 0.416 e. The van der Waals surface area contributed by atoms with Crippen LogP contribution in [0.25, 0.3) is 0 Å². The highest BCUT2D eigenvalue weighted by molar-refractivity contribution is 5.72. The SMILES string of the molecule is COC(=O)CC1(c2cc(OC)cc(C(F)(F)F)c2)CC1C. The average molecular weight is 302 g/mol. The first kappa shape index (κ1) is 15.7. The molecule has 0 radical (unpaired) electrons. The molecule has 2 unspecified atom stereocenters. The fourth-order valence-electron chi connectivity index (χ4n) is 2.74. The van der Waals surface area contributed by atoms with Crippen LogP contribution in [0.5, 0.6) is 5.75 Å². The Morgan fingerprint density at radius 2 is 1.95 bits per heavy atom. The van der Waals surface area contributed by atoms with Gasteiger partial charge in [0.1, 0.15) is 5.75 Å². The molecule has 2 atom stereocenters. The van der Waals surface area contributed by atoms with Gasteiger partial charge < -0.3 is 9.47 Å². The van der Waals surface area contributed by atoms with E-state index in [0.29, 0.717) is 12.0 Å². The van der Waals surface area contributed by atoms with E-state index in [9.17, 15) is 18.0 Å². The molecule has 21 heavy (non-hydrogen) atoms. The summed E-state index contributed by atoms with van der Waals surface area (Å²) in [5, 5.41) is 0. The van der Waals surface area contributed by atoms with Gasteiger partial charge in [-0.25, -0.2) is 0 Å². The number of hydrogen-bond donors (Lipinski definition) is 0. The van der Waals surface area contributed by atoms with E-state index in [1.165, 1.54) is 14.2 Å². The average Bonchev–Trinajstić information content (AvgIpc) is 3.08. The Labute approximate surface area is 121 Å². The summed E-state index contributed by atoms with van der Waals surface area (Å²) in [5.41, 5.74) is -0.867. The molecule has 1 fully saturated rings. The number of alkyl halides is 3. The number of benzene rings is 1. The van der Waals surface area contributed by atoms with Gasteiger partial charge in [-0.2, -0.15) is 13.2 Å².